The molecule has 0 aliphatic carbocycles. The van der Waals surface area contributed by atoms with E-state index in [0.29, 0.717) is 11.5 Å². The standard InChI is InChI=1S/C11H23N3/c1-9(8-11(2,3)4)14-10-12-6-5-7-13-10/h9H,5-8H2,1-4H3,(H2,12,13,14). The van der Waals surface area contributed by atoms with Crippen molar-refractivity contribution in [2.45, 2.75) is 46.6 Å². The summed E-state index contributed by atoms with van der Waals surface area (Å²) in [5, 5.41) is 6.69. The second kappa shape index (κ2) is 4.67. The van der Waals surface area contributed by atoms with Gasteiger partial charge in [0.15, 0.2) is 5.96 Å². The predicted molar refractivity (Wildman–Crippen MR) is 61.6 cm³/mol. The van der Waals surface area contributed by atoms with Crippen molar-refractivity contribution < 1.29 is 0 Å². The van der Waals surface area contributed by atoms with E-state index in [9.17, 15) is 0 Å². The number of guanidine groups is 1. The van der Waals surface area contributed by atoms with E-state index in [1.807, 2.05) is 0 Å². The molecule has 82 valence electrons. The van der Waals surface area contributed by atoms with Crippen LogP contribution in [0, 0.1) is 5.41 Å². The number of hydrogen-bond acceptors (Lipinski definition) is 3. The molecule has 0 amide bonds. The summed E-state index contributed by atoms with van der Waals surface area (Å²) in [6, 6.07) is 0.486. The molecule has 0 aromatic rings. The molecule has 3 heteroatoms. The van der Waals surface area contributed by atoms with Crippen LogP contribution in [-0.2, 0) is 0 Å². The number of rotatable bonds is 2. The molecule has 2 N–H and O–H groups in total. The van der Waals surface area contributed by atoms with E-state index >= 15 is 0 Å². The molecule has 0 radical (unpaired) electrons. The van der Waals surface area contributed by atoms with Crippen LogP contribution in [0.4, 0.5) is 0 Å². The maximum absolute atomic E-state index is 4.39. The van der Waals surface area contributed by atoms with Gasteiger partial charge in [-0.3, -0.25) is 4.99 Å². The lowest BCUT2D eigenvalue weighted by Crippen LogP contribution is -2.45. The molecular weight excluding hydrogens is 174 g/mol. The highest BCUT2D eigenvalue weighted by atomic mass is 15.2. The molecule has 1 rings (SSSR count). The van der Waals surface area contributed by atoms with Crippen molar-refractivity contribution in [2.24, 2.45) is 10.4 Å². The van der Waals surface area contributed by atoms with Gasteiger partial charge >= 0.3 is 0 Å². The van der Waals surface area contributed by atoms with Gasteiger partial charge in [0.1, 0.15) is 0 Å². The summed E-state index contributed by atoms with van der Waals surface area (Å²) in [6.07, 6.45) is 2.31. The van der Waals surface area contributed by atoms with Crippen LogP contribution in [0.1, 0.15) is 40.5 Å². The van der Waals surface area contributed by atoms with Gasteiger partial charge in [-0.15, -0.1) is 0 Å². The van der Waals surface area contributed by atoms with Gasteiger partial charge in [0.2, 0.25) is 0 Å². The molecule has 0 saturated carbocycles. The minimum atomic E-state index is 0.377. The maximum Gasteiger partial charge on any atom is 0.191 e. The molecule has 0 aromatic heterocycles. The van der Waals surface area contributed by atoms with Gasteiger partial charge in [-0.05, 0) is 25.2 Å². The van der Waals surface area contributed by atoms with Crippen molar-refractivity contribution in [3.8, 4) is 0 Å². The summed E-state index contributed by atoms with van der Waals surface area (Å²) < 4.78 is 0. The molecular formula is C11H23N3. The molecule has 1 unspecified atom stereocenters. The summed E-state index contributed by atoms with van der Waals surface area (Å²) in [7, 11) is 0. The molecule has 0 bridgehead atoms. The average Bonchev–Trinajstić information content (AvgIpc) is 2.02. The van der Waals surface area contributed by atoms with Crippen LogP contribution < -0.4 is 10.6 Å². The molecule has 0 fully saturated rings. The van der Waals surface area contributed by atoms with Crippen LogP contribution in [0.25, 0.3) is 0 Å². The zero-order chi connectivity index (χ0) is 10.6. The Balaban J connectivity index is 2.32. The topological polar surface area (TPSA) is 36.4 Å². The Bertz CT molecular complexity index is 203. The Kier molecular flexibility index (Phi) is 3.78. The Morgan fingerprint density at radius 1 is 1.50 bits per heavy atom. The fourth-order valence-corrected chi connectivity index (χ4v) is 1.83. The summed E-state index contributed by atoms with van der Waals surface area (Å²) >= 11 is 0. The van der Waals surface area contributed by atoms with Gasteiger partial charge < -0.3 is 10.6 Å². The first-order valence-electron chi connectivity index (χ1n) is 5.52. The molecule has 0 saturated heterocycles. The highest BCUT2D eigenvalue weighted by molar-refractivity contribution is 5.80. The molecule has 1 atom stereocenters. The number of nitrogens with one attached hydrogen (secondary N) is 2. The third kappa shape index (κ3) is 4.49. The van der Waals surface area contributed by atoms with Gasteiger partial charge in [0.05, 0.1) is 0 Å². The zero-order valence-corrected chi connectivity index (χ0v) is 9.85. The molecule has 1 aliphatic rings. The fourth-order valence-electron chi connectivity index (χ4n) is 1.83. The van der Waals surface area contributed by atoms with E-state index in [4.69, 9.17) is 0 Å². The predicted octanol–water partition coefficient (Wildman–Crippen LogP) is 1.75. The zero-order valence-electron chi connectivity index (χ0n) is 9.85. The van der Waals surface area contributed by atoms with E-state index in [1.54, 1.807) is 0 Å². The number of nitrogens with zero attached hydrogens (tertiary/aromatic N) is 1. The van der Waals surface area contributed by atoms with Crippen molar-refractivity contribution in [3.63, 3.8) is 0 Å². The van der Waals surface area contributed by atoms with Crippen molar-refractivity contribution in [1.82, 2.24) is 10.6 Å². The molecule has 0 aromatic carbocycles. The summed E-state index contributed by atoms with van der Waals surface area (Å²) in [5.74, 6) is 0.980. The fraction of sp³-hybridized carbons (Fsp3) is 0.909. The number of hydrogen-bond donors (Lipinski definition) is 2. The normalized spacial score (nSPS) is 19.6. The van der Waals surface area contributed by atoms with Gasteiger partial charge in [-0.1, -0.05) is 20.8 Å². The largest absolute Gasteiger partial charge is 0.356 e. The monoisotopic (exact) mass is 197 g/mol. The SMILES string of the molecule is CC(CC(C)(C)C)NC1=NCCCN1. The number of aliphatic imine (C=N–C) groups is 1. The summed E-state index contributed by atoms with van der Waals surface area (Å²) in [6.45, 7) is 11.0. The second-order valence-electron chi connectivity index (χ2n) is 5.32. The smallest absolute Gasteiger partial charge is 0.191 e. The first kappa shape index (κ1) is 11.3. The Labute approximate surface area is 87.4 Å². The molecule has 14 heavy (non-hydrogen) atoms. The summed E-state index contributed by atoms with van der Waals surface area (Å²) in [5.41, 5.74) is 0.377. The van der Waals surface area contributed by atoms with Crippen molar-refractivity contribution in [1.29, 1.82) is 0 Å². The minimum Gasteiger partial charge on any atom is -0.356 e. The van der Waals surface area contributed by atoms with Crippen LogP contribution >= 0.6 is 0 Å². The van der Waals surface area contributed by atoms with Gasteiger partial charge in [-0.2, -0.15) is 0 Å². The van der Waals surface area contributed by atoms with E-state index in [-0.39, 0.29) is 0 Å². The highest BCUT2D eigenvalue weighted by Gasteiger charge is 2.16. The van der Waals surface area contributed by atoms with E-state index in [1.165, 1.54) is 0 Å². The lowest BCUT2D eigenvalue weighted by atomic mass is 9.89. The third-order valence-corrected chi connectivity index (χ3v) is 2.20. The van der Waals surface area contributed by atoms with Crippen molar-refractivity contribution >= 4 is 5.96 Å². The van der Waals surface area contributed by atoms with Crippen LogP contribution in [0.2, 0.25) is 0 Å². The molecule has 1 heterocycles. The first-order chi connectivity index (χ1) is 6.47. The lowest BCUT2D eigenvalue weighted by molar-refractivity contribution is 0.335. The maximum atomic E-state index is 4.39. The third-order valence-electron chi connectivity index (χ3n) is 2.20. The van der Waals surface area contributed by atoms with E-state index in [2.05, 4.69) is 43.3 Å². The Morgan fingerprint density at radius 3 is 2.71 bits per heavy atom. The molecule has 1 aliphatic heterocycles. The van der Waals surface area contributed by atoms with Crippen LogP contribution in [0.3, 0.4) is 0 Å². The molecule has 0 spiro atoms. The van der Waals surface area contributed by atoms with Gasteiger partial charge in [-0.25, -0.2) is 0 Å². The van der Waals surface area contributed by atoms with Crippen LogP contribution in [0.5, 0.6) is 0 Å². The van der Waals surface area contributed by atoms with E-state index in [0.717, 1.165) is 31.9 Å². The van der Waals surface area contributed by atoms with Gasteiger partial charge in [0.25, 0.3) is 0 Å². The van der Waals surface area contributed by atoms with Crippen LogP contribution in [-0.4, -0.2) is 25.1 Å². The Morgan fingerprint density at radius 2 is 2.21 bits per heavy atom. The molecule has 3 nitrogen and oxygen atoms in total. The lowest BCUT2D eigenvalue weighted by Gasteiger charge is -2.26. The average molecular weight is 197 g/mol. The first-order valence-corrected chi connectivity index (χ1v) is 5.52. The summed E-state index contributed by atoms with van der Waals surface area (Å²) in [4.78, 5) is 4.39. The quantitative estimate of drug-likeness (QED) is 0.707. The highest BCUT2D eigenvalue weighted by Crippen LogP contribution is 2.20. The second-order valence-corrected chi connectivity index (χ2v) is 5.32. The van der Waals surface area contributed by atoms with Crippen molar-refractivity contribution in [2.75, 3.05) is 13.1 Å². The van der Waals surface area contributed by atoms with E-state index < -0.39 is 0 Å². The van der Waals surface area contributed by atoms with Crippen molar-refractivity contribution in [3.05, 3.63) is 0 Å². The van der Waals surface area contributed by atoms with Crippen LogP contribution in [0.15, 0.2) is 4.99 Å². The van der Waals surface area contributed by atoms with Gasteiger partial charge in [0, 0.05) is 19.1 Å². The minimum absolute atomic E-state index is 0.377. The Hall–Kier alpha value is -0.730.